The predicted molar refractivity (Wildman–Crippen MR) is 94.1 cm³/mol. The molecule has 0 amide bonds. The van der Waals surface area contributed by atoms with E-state index in [1.165, 1.54) is 26.4 Å². The molecule has 1 heterocycles. The molecule has 0 saturated heterocycles. The maximum Gasteiger partial charge on any atom is 0.516 e. The number of rotatable bonds is 4. The van der Waals surface area contributed by atoms with Crippen LogP contribution in [-0.4, -0.2) is 28.1 Å². The standard InChI is InChI=1S/C17H17F3N2O4S/c1-25-13-5-3-4-10-8-21-9-11-12(22-27(23,24)17(18,19)20)6-7-14(26-2)16(11)15(10)13/h3-7,21-22H,8-9H2,1-2H3. The zero-order chi connectivity index (χ0) is 19.8. The molecular weight excluding hydrogens is 385 g/mol. The molecule has 10 heteroatoms. The molecule has 0 unspecified atom stereocenters. The number of fused-ring (bicyclic) bond motifs is 3. The predicted octanol–water partition coefficient (Wildman–Crippen LogP) is 3.24. The first-order valence-electron chi connectivity index (χ1n) is 7.85. The Morgan fingerprint density at radius 2 is 1.67 bits per heavy atom. The molecule has 0 atom stereocenters. The first-order chi connectivity index (χ1) is 12.7. The van der Waals surface area contributed by atoms with Gasteiger partial charge in [0.1, 0.15) is 11.5 Å². The average molecular weight is 402 g/mol. The van der Waals surface area contributed by atoms with Gasteiger partial charge < -0.3 is 14.8 Å². The minimum atomic E-state index is -5.56. The number of anilines is 1. The van der Waals surface area contributed by atoms with Crippen LogP contribution in [0, 0.1) is 0 Å². The van der Waals surface area contributed by atoms with E-state index in [0.29, 0.717) is 34.7 Å². The summed E-state index contributed by atoms with van der Waals surface area (Å²) < 4.78 is 74.1. The van der Waals surface area contributed by atoms with Crippen LogP contribution in [0.4, 0.5) is 18.9 Å². The molecule has 0 radical (unpaired) electrons. The van der Waals surface area contributed by atoms with Gasteiger partial charge in [-0.2, -0.15) is 21.6 Å². The normalized spacial score (nSPS) is 14.0. The van der Waals surface area contributed by atoms with Crippen LogP contribution in [0.5, 0.6) is 11.5 Å². The lowest BCUT2D eigenvalue weighted by atomic mass is 9.94. The number of methoxy groups -OCH3 is 2. The molecule has 0 saturated carbocycles. The molecule has 0 spiro atoms. The number of ether oxygens (including phenoxy) is 2. The molecule has 0 aliphatic carbocycles. The van der Waals surface area contributed by atoms with Crippen LogP contribution in [0.15, 0.2) is 30.3 Å². The lowest BCUT2D eigenvalue weighted by Crippen LogP contribution is -2.30. The summed E-state index contributed by atoms with van der Waals surface area (Å²) in [4.78, 5) is 0. The first kappa shape index (κ1) is 19.3. The van der Waals surface area contributed by atoms with Gasteiger partial charge in [-0.05, 0) is 23.8 Å². The molecule has 6 nitrogen and oxygen atoms in total. The third kappa shape index (κ3) is 3.42. The van der Waals surface area contributed by atoms with Crippen LogP contribution in [0.25, 0.3) is 11.1 Å². The largest absolute Gasteiger partial charge is 0.516 e. The SMILES string of the molecule is COc1cccc2c1-c1c(OC)ccc(NS(=O)(=O)C(F)(F)F)c1CNC2. The third-order valence-corrected chi connectivity index (χ3v) is 5.34. The molecule has 2 N–H and O–H groups in total. The quantitative estimate of drug-likeness (QED) is 0.821. The Balaban J connectivity index is 2.27. The van der Waals surface area contributed by atoms with Gasteiger partial charge in [-0.1, -0.05) is 12.1 Å². The fourth-order valence-corrected chi connectivity index (χ4v) is 3.65. The van der Waals surface area contributed by atoms with Crippen molar-refractivity contribution in [3.63, 3.8) is 0 Å². The Kier molecular flexibility index (Phi) is 4.96. The fraction of sp³-hybridized carbons (Fsp3) is 0.294. The van der Waals surface area contributed by atoms with Crippen LogP contribution < -0.4 is 19.5 Å². The van der Waals surface area contributed by atoms with Crippen molar-refractivity contribution in [1.82, 2.24) is 5.32 Å². The summed E-state index contributed by atoms with van der Waals surface area (Å²) >= 11 is 0. The summed E-state index contributed by atoms with van der Waals surface area (Å²) in [5.41, 5.74) is -3.28. The van der Waals surface area contributed by atoms with Gasteiger partial charge in [0.2, 0.25) is 0 Å². The van der Waals surface area contributed by atoms with Gasteiger partial charge in [0, 0.05) is 29.8 Å². The minimum absolute atomic E-state index is 0.139. The number of alkyl halides is 3. The van der Waals surface area contributed by atoms with E-state index in [0.717, 1.165) is 5.56 Å². The van der Waals surface area contributed by atoms with Crippen molar-refractivity contribution in [2.45, 2.75) is 18.6 Å². The van der Waals surface area contributed by atoms with E-state index in [4.69, 9.17) is 9.47 Å². The van der Waals surface area contributed by atoms with Gasteiger partial charge in [0.05, 0.1) is 19.9 Å². The Bertz CT molecular complexity index is 975. The van der Waals surface area contributed by atoms with E-state index in [1.807, 2.05) is 6.07 Å². The second-order valence-electron chi connectivity index (χ2n) is 5.82. The molecule has 27 heavy (non-hydrogen) atoms. The van der Waals surface area contributed by atoms with Crippen LogP contribution in [0.1, 0.15) is 11.1 Å². The summed E-state index contributed by atoms with van der Waals surface area (Å²) in [6, 6.07) is 8.05. The Labute approximate surface area is 154 Å². The molecule has 2 aromatic rings. The van der Waals surface area contributed by atoms with E-state index < -0.39 is 15.5 Å². The van der Waals surface area contributed by atoms with E-state index in [9.17, 15) is 21.6 Å². The van der Waals surface area contributed by atoms with Crippen molar-refractivity contribution < 1.29 is 31.1 Å². The first-order valence-corrected chi connectivity index (χ1v) is 9.34. The second-order valence-corrected chi connectivity index (χ2v) is 7.49. The van der Waals surface area contributed by atoms with E-state index in [-0.39, 0.29) is 12.2 Å². The van der Waals surface area contributed by atoms with E-state index >= 15 is 0 Å². The monoisotopic (exact) mass is 402 g/mol. The van der Waals surface area contributed by atoms with Gasteiger partial charge in [-0.25, -0.2) is 0 Å². The minimum Gasteiger partial charge on any atom is -0.496 e. The summed E-state index contributed by atoms with van der Waals surface area (Å²) in [7, 11) is -2.64. The summed E-state index contributed by atoms with van der Waals surface area (Å²) in [6.45, 7) is 0.565. The molecule has 0 bridgehead atoms. The molecular formula is C17H17F3N2O4S. The lowest BCUT2D eigenvalue weighted by Gasteiger charge is -2.20. The Morgan fingerprint density at radius 1 is 1.00 bits per heavy atom. The van der Waals surface area contributed by atoms with Gasteiger partial charge in [-0.3, -0.25) is 4.72 Å². The van der Waals surface area contributed by atoms with Gasteiger partial charge in [-0.15, -0.1) is 0 Å². The highest BCUT2D eigenvalue weighted by Crippen LogP contribution is 2.45. The van der Waals surface area contributed by atoms with Crippen molar-refractivity contribution in [1.29, 1.82) is 0 Å². The molecule has 0 aromatic heterocycles. The topological polar surface area (TPSA) is 76.7 Å². The summed E-state index contributed by atoms with van der Waals surface area (Å²) in [5, 5.41) is 3.10. The highest BCUT2D eigenvalue weighted by molar-refractivity contribution is 7.93. The second kappa shape index (κ2) is 6.93. The summed E-state index contributed by atoms with van der Waals surface area (Å²) in [6.07, 6.45) is 0. The van der Waals surface area contributed by atoms with Crippen LogP contribution >= 0.6 is 0 Å². The van der Waals surface area contributed by atoms with E-state index in [1.54, 1.807) is 16.9 Å². The molecule has 1 aliphatic heterocycles. The molecule has 2 aromatic carbocycles. The van der Waals surface area contributed by atoms with Gasteiger partial charge in [0.15, 0.2) is 0 Å². The van der Waals surface area contributed by atoms with Crippen molar-refractivity contribution in [3.8, 4) is 22.6 Å². The van der Waals surface area contributed by atoms with Crippen LogP contribution in [0.3, 0.4) is 0 Å². The smallest absolute Gasteiger partial charge is 0.496 e. The Morgan fingerprint density at radius 3 is 2.30 bits per heavy atom. The Hall–Kier alpha value is -2.46. The van der Waals surface area contributed by atoms with Crippen molar-refractivity contribution in [2.24, 2.45) is 0 Å². The maximum absolute atomic E-state index is 12.8. The fourth-order valence-electron chi connectivity index (χ4n) is 3.05. The lowest BCUT2D eigenvalue weighted by molar-refractivity contribution is -0.0429. The van der Waals surface area contributed by atoms with Crippen LogP contribution in [0.2, 0.25) is 0 Å². The zero-order valence-electron chi connectivity index (χ0n) is 14.5. The highest BCUT2D eigenvalue weighted by Gasteiger charge is 2.46. The number of benzene rings is 2. The van der Waals surface area contributed by atoms with Gasteiger partial charge in [0.25, 0.3) is 0 Å². The number of hydrogen-bond donors (Lipinski definition) is 2. The summed E-state index contributed by atoms with van der Waals surface area (Å²) in [5.74, 6) is 0.904. The highest BCUT2D eigenvalue weighted by atomic mass is 32.2. The number of sulfonamides is 1. The number of hydrogen-bond acceptors (Lipinski definition) is 5. The molecule has 1 aliphatic rings. The maximum atomic E-state index is 12.8. The van der Waals surface area contributed by atoms with Gasteiger partial charge >= 0.3 is 15.5 Å². The molecule has 0 fully saturated rings. The number of nitrogens with one attached hydrogen (secondary N) is 2. The number of halogens is 3. The van der Waals surface area contributed by atoms with Crippen molar-refractivity contribution in [3.05, 3.63) is 41.5 Å². The zero-order valence-corrected chi connectivity index (χ0v) is 15.3. The van der Waals surface area contributed by atoms with Crippen molar-refractivity contribution >= 4 is 15.7 Å². The average Bonchev–Trinajstić information content (AvgIpc) is 2.81. The molecule has 3 rings (SSSR count). The van der Waals surface area contributed by atoms with Crippen LogP contribution in [-0.2, 0) is 23.1 Å². The van der Waals surface area contributed by atoms with E-state index in [2.05, 4.69) is 5.32 Å². The molecule has 146 valence electrons. The third-order valence-electron chi connectivity index (χ3n) is 4.24. The van der Waals surface area contributed by atoms with Crippen molar-refractivity contribution in [2.75, 3.05) is 18.9 Å².